The maximum atomic E-state index is 13.9. The van der Waals surface area contributed by atoms with Crippen LogP contribution in [0, 0.1) is 0 Å². The number of hydrogen-bond acceptors (Lipinski definition) is 5. The van der Waals surface area contributed by atoms with Crippen LogP contribution in [0.5, 0.6) is 11.5 Å². The van der Waals surface area contributed by atoms with Gasteiger partial charge < -0.3 is 9.47 Å². The number of halogens is 1. The lowest BCUT2D eigenvalue weighted by atomic mass is 9.83. The summed E-state index contributed by atoms with van der Waals surface area (Å²) in [4.78, 5) is 19.7. The molecular weight excluding hydrogens is 536 g/mol. The van der Waals surface area contributed by atoms with E-state index in [0.29, 0.717) is 9.33 Å². The van der Waals surface area contributed by atoms with Crippen molar-refractivity contribution in [3.05, 3.63) is 119 Å². The minimum absolute atomic E-state index is 0.0494. The molecule has 5 nitrogen and oxygen atoms in total. The van der Waals surface area contributed by atoms with E-state index in [9.17, 15) is 4.79 Å². The molecule has 6 rings (SSSR count). The first kappa shape index (κ1) is 23.0. The molecule has 0 radical (unpaired) electrons. The van der Waals surface area contributed by atoms with Gasteiger partial charge in [0.05, 0.1) is 30.5 Å². The molecule has 2 aliphatic rings. The molecule has 0 fully saturated rings. The van der Waals surface area contributed by atoms with Crippen molar-refractivity contribution in [2.45, 2.75) is 18.9 Å². The molecule has 1 unspecified atom stereocenters. The van der Waals surface area contributed by atoms with E-state index in [1.54, 1.807) is 14.2 Å². The molecule has 0 amide bonds. The molecule has 0 spiro atoms. The summed E-state index contributed by atoms with van der Waals surface area (Å²) in [5.74, 6) is 1.50. The van der Waals surface area contributed by atoms with Crippen LogP contribution in [0.3, 0.4) is 0 Å². The quantitative estimate of drug-likeness (QED) is 0.350. The Labute approximate surface area is 220 Å². The van der Waals surface area contributed by atoms with Gasteiger partial charge in [-0.15, -0.1) is 0 Å². The number of ether oxygens (including phenoxy) is 2. The Morgan fingerprint density at radius 1 is 1.00 bits per heavy atom. The molecule has 1 aromatic heterocycles. The second-order valence-electron chi connectivity index (χ2n) is 8.78. The molecule has 0 N–H and O–H groups in total. The molecule has 180 valence electrons. The first-order valence-corrected chi connectivity index (χ1v) is 13.3. The van der Waals surface area contributed by atoms with Crippen LogP contribution in [0.25, 0.3) is 11.8 Å². The number of rotatable bonds is 4. The number of nitrogens with zero attached hydrogens (tertiary/aromatic N) is 2. The lowest BCUT2D eigenvalue weighted by Crippen LogP contribution is -2.38. The molecule has 0 saturated heterocycles. The smallest absolute Gasteiger partial charge is 0.271 e. The molecule has 2 heterocycles. The van der Waals surface area contributed by atoms with E-state index in [-0.39, 0.29) is 11.6 Å². The summed E-state index contributed by atoms with van der Waals surface area (Å²) in [5, 5.41) is 0. The highest BCUT2D eigenvalue weighted by molar-refractivity contribution is 9.10. The van der Waals surface area contributed by atoms with Gasteiger partial charge in [-0.3, -0.25) is 9.36 Å². The van der Waals surface area contributed by atoms with Gasteiger partial charge in [-0.05, 0) is 71.5 Å². The highest BCUT2D eigenvalue weighted by Crippen LogP contribution is 2.41. The van der Waals surface area contributed by atoms with E-state index in [2.05, 4.69) is 46.3 Å². The summed E-state index contributed by atoms with van der Waals surface area (Å²) in [6.45, 7) is 0. The summed E-state index contributed by atoms with van der Waals surface area (Å²) >= 11 is 5.03. The molecule has 1 aliphatic heterocycles. The second kappa shape index (κ2) is 9.22. The van der Waals surface area contributed by atoms with Gasteiger partial charge in [0.25, 0.3) is 5.56 Å². The average molecular weight is 559 g/mol. The summed E-state index contributed by atoms with van der Waals surface area (Å²) < 4.78 is 14.3. The Hall–Kier alpha value is -3.42. The Morgan fingerprint density at radius 2 is 1.81 bits per heavy atom. The Kier molecular flexibility index (Phi) is 5.90. The predicted octanol–water partition coefficient (Wildman–Crippen LogP) is 5.10. The first-order valence-electron chi connectivity index (χ1n) is 11.7. The van der Waals surface area contributed by atoms with Gasteiger partial charge in [0.15, 0.2) is 4.80 Å². The van der Waals surface area contributed by atoms with Crippen molar-refractivity contribution < 1.29 is 9.47 Å². The number of aromatic nitrogens is 1. The number of allylic oxidation sites excluding steroid dienone is 1. The van der Waals surface area contributed by atoms with Crippen molar-refractivity contribution in [2.75, 3.05) is 14.2 Å². The van der Waals surface area contributed by atoms with E-state index in [4.69, 9.17) is 14.5 Å². The van der Waals surface area contributed by atoms with Crippen molar-refractivity contribution in [1.82, 2.24) is 4.57 Å². The van der Waals surface area contributed by atoms with E-state index in [0.717, 1.165) is 51.2 Å². The van der Waals surface area contributed by atoms with Crippen LogP contribution in [-0.4, -0.2) is 18.8 Å². The van der Waals surface area contributed by atoms with E-state index in [1.165, 1.54) is 22.5 Å². The Balaban J connectivity index is 1.62. The third-order valence-corrected chi connectivity index (χ3v) is 8.48. The van der Waals surface area contributed by atoms with Gasteiger partial charge in [-0.1, -0.05) is 63.7 Å². The monoisotopic (exact) mass is 558 g/mol. The summed E-state index contributed by atoms with van der Waals surface area (Å²) in [6.07, 6.45) is 3.69. The van der Waals surface area contributed by atoms with E-state index in [1.807, 2.05) is 47.0 Å². The standard InChI is InChI=1S/C29H23BrN2O3S/c1-34-20-8-5-7-18(14-20)27-23-12-10-17-6-3-4-9-22(17)26(23)31-29-32(27)28(33)25(36-29)16-19-15-21(35-2)11-13-24(19)30/h3-9,11,13-16,27H,10,12H2,1-2H3. The zero-order chi connectivity index (χ0) is 24.8. The van der Waals surface area contributed by atoms with Crippen molar-refractivity contribution in [2.24, 2.45) is 4.99 Å². The SMILES string of the molecule is COc1cccc(C2C3=C(N=c4sc(=Cc5cc(OC)ccc5Br)c(=O)n42)c2ccccc2CC3)c1. The number of fused-ring (bicyclic) bond motifs is 3. The largest absolute Gasteiger partial charge is 0.497 e. The first-order chi connectivity index (χ1) is 17.6. The van der Waals surface area contributed by atoms with Crippen LogP contribution >= 0.6 is 27.3 Å². The highest BCUT2D eigenvalue weighted by Gasteiger charge is 2.32. The number of hydrogen-bond donors (Lipinski definition) is 0. The highest BCUT2D eigenvalue weighted by atomic mass is 79.9. The third-order valence-electron chi connectivity index (χ3n) is 6.77. The van der Waals surface area contributed by atoms with Crippen LogP contribution in [0.2, 0.25) is 0 Å². The summed E-state index contributed by atoms with van der Waals surface area (Å²) in [5.41, 5.74) is 6.46. The van der Waals surface area contributed by atoms with Gasteiger partial charge in [-0.2, -0.15) is 0 Å². The van der Waals surface area contributed by atoms with Crippen LogP contribution < -0.4 is 24.4 Å². The summed E-state index contributed by atoms with van der Waals surface area (Å²) in [6, 6.07) is 21.9. The molecule has 36 heavy (non-hydrogen) atoms. The molecule has 3 aromatic carbocycles. The molecule has 4 aromatic rings. The number of benzene rings is 3. The van der Waals surface area contributed by atoms with Gasteiger partial charge in [0.2, 0.25) is 0 Å². The van der Waals surface area contributed by atoms with Crippen molar-refractivity contribution in [3.8, 4) is 11.5 Å². The van der Waals surface area contributed by atoms with Crippen LogP contribution in [0.15, 0.2) is 86.6 Å². The van der Waals surface area contributed by atoms with Crippen LogP contribution in [0.1, 0.15) is 34.7 Å². The number of thiazole rings is 1. The van der Waals surface area contributed by atoms with E-state index >= 15 is 0 Å². The predicted molar refractivity (Wildman–Crippen MR) is 146 cm³/mol. The zero-order valence-corrected chi connectivity index (χ0v) is 22.2. The van der Waals surface area contributed by atoms with Crippen molar-refractivity contribution in [3.63, 3.8) is 0 Å². The van der Waals surface area contributed by atoms with Gasteiger partial charge in [0, 0.05) is 10.0 Å². The van der Waals surface area contributed by atoms with Crippen molar-refractivity contribution in [1.29, 1.82) is 0 Å². The minimum atomic E-state index is -0.240. The fourth-order valence-electron chi connectivity index (χ4n) is 5.03. The molecular formula is C29H23BrN2O3S. The fourth-order valence-corrected chi connectivity index (χ4v) is 6.39. The maximum absolute atomic E-state index is 13.9. The lowest BCUT2D eigenvalue weighted by Gasteiger charge is -2.31. The third kappa shape index (κ3) is 3.83. The molecule has 1 atom stereocenters. The van der Waals surface area contributed by atoms with Gasteiger partial charge in [0.1, 0.15) is 11.5 Å². The molecule has 0 bridgehead atoms. The number of aryl methyl sites for hydroxylation is 1. The Morgan fingerprint density at radius 3 is 2.64 bits per heavy atom. The zero-order valence-electron chi connectivity index (χ0n) is 19.8. The van der Waals surface area contributed by atoms with Gasteiger partial charge in [-0.25, -0.2) is 4.99 Å². The molecule has 0 saturated carbocycles. The van der Waals surface area contributed by atoms with Crippen LogP contribution in [-0.2, 0) is 6.42 Å². The second-order valence-corrected chi connectivity index (χ2v) is 10.6. The fraction of sp³-hybridized carbons (Fsp3) is 0.172. The number of methoxy groups -OCH3 is 2. The topological polar surface area (TPSA) is 52.8 Å². The average Bonchev–Trinajstić information content (AvgIpc) is 3.22. The maximum Gasteiger partial charge on any atom is 0.271 e. The van der Waals surface area contributed by atoms with Crippen LogP contribution in [0.4, 0.5) is 0 Å². The lowest BCUT2D eigenvalue weighted by molar-refractivity contribution is 0.413. The molecule has 7 heteroatoms. The summed E-state index contributed by atoms with van der Waals surface area (Å²) in [7, 11) is 3.30. The normalized spacial score (nSPS) is 16.6. The van der Waals surface area contributed by atoms with E-state index < -0.39 is 0 Å². The van der Waals surface area contributed by atoms with Gasteiger partial charge >= 0.3 is 0 Å². The van der Waals surface area contributed by atoms with Crippen molar-refractivity contribution >= 4 is 39.0 Å². The minimum Gasteiger partial charge on any atom is -0.497 e. The Bertz CT molecular complexity index is 1720. The molecule has 1 aliphatic carbocycles.